The van der Waals surface area contributed by atoms with Crippen molar-refractivity contribution in [2.45, 2.75) is 51.7 Å². The lowest BCUT2D eigenvalue weighted by atomic mass is 9.77. The number of nitrogens with zero attached hydrogens (tertiary/aromatic N) is 3. The van der Waals surface area contributed by atoms with E-state index in [1.54, 1.807) is 19.2 Å². The quantitative estimate of drug-likeness (QED) is 0.210. The van der Waals surface area contributed by atoms with Crippen LogP contribution in [0.4, 0.5) is 13.2 Å². The molecule has 0 aliphatic carbocycles. The third-order valence-corrected chi connectivity index (χ3v) is 9.33. The number of halogens is 3. The van der Waals surface area contributed by atoms with E-state index in [2.05, 4.69) is 61.7 Å². The average Bonchev–Trinajstić information content (AvgIpc) is 3.57. The van der Waals surface area contributed by atoms with Crippen molar-refractivity contribution in [2.75, 3.05) is 39.8 Å². The molecule has 2 aliphatic rings. The van der Waals surface area contributed by atoms with Crippen molar-refractivity contribution in [1.82, 2.24) is 14.4 Å². The van der Waals surface area contributed by atoms with Crippen LogP contribution in [0.25, 0.3) is 22.0 Å². The Hall–Kier alpha value is -3.53. The lowest BCUT2D eigenvalue weighted by Crippen LogP contribution is -2.41. The molecule has 9 heteroatoms. The summed E-state index contributed by atoms with van der Waals surface area (Å²) in [6.07, 6.45) is 1.89. The van der Waals surface area contributed by atoms with Gasteiger partial charge in [0.15, 0.2) is 0 Å². The minimum Gasteiger partial charge on any atom is -0.497 e. The van der Waals surface area contributed by atoms with Gasteiger partial charge in [-0.1, -0.05) is 30.3 Å². The number of alkyl halides is 3. The number of ether oxygens (including phenoxy) is 2. The van der Waals surface area contributed by atoms with Crippen LogP contribution in [0.3, 0.4) is 0 Å². The van der Waals surface area contributed by atoms with Gasteiger partial charge in [0.05, 0.1) is 7.11 Å². The summed E-state index contributed by atoms with van der Waals surface area (Å²) in [6, 6.07) is 21.2. The van der Waals surface area contributed by atoms with Crippen LogP contribution < -0.4 is 15.2 Å². The first-order chi connectivity index (χ1) is 21.2. The predicted octanol–water partition coefficient (Wildman–Crippen LogP) is 7.05. The maximum atomic E-state index is 12.7. The topological polar surface area (TPSA) is 55.9 Å². The second kappa shape index (κ2) is 12.8. The number of fused-ring (bicyclic) bond motifs is 1. The molecule has 0 unspecified atom stereocenters. The normalized spacial score (nSPS) is 17.5. The van der Waals surface area contributed by atoms with Crippen LogP contribution in [0.1, 0.15) is 36.8 Å². The Labute approximate surface area is 257 Å². The minimum absolute atomic E-state index is 0.220. The first-order valence-corrected chi connectivity index (χ1v) is 15.5. The molecule has 0 amide bonds. The summed E-state index contributed by atoms with van der Waals surface area (Å²) >= 11 is 0. The van der Waals surface area contributed by atoms with E-state index in [4.69, 9.17) is 10.5 Å². The Kier molecular flexibility index (Phi) is 8.89. The number of hydrogen-bond donors (Lipinski definition) is 1. The van der Waals surface area contributed by atoms with Gasteiger partial charge in [-0.3, -0.25) is 9.80 Å². The summed E-state index contributed by atoms with van der Waals surface area (Å²) in [5.74, 6) is 0.691. The fourth-order valence-corrected chi connectivity index (χ4v) is 7.00. The maximum absolute atomic E-state index is 12.7. The molecule has 2 fully saturated rings. The Morgan fingerprint density at radius 2 is 1.55 bits per heavy atom. The number of aryl methyl sites for hydroxylation is 1. The minimum atomic E-state index is -4.71. The lowest BCUT2D eigenvalue weighted by Gasteiger charge is -2.39. The van der Waals surface area contributed by atoms with Gasteiger partial charge in [-0.2, -0.15) is 0 Å². The fourth-order valence-electron chi connectivity index (χ4n) is 7.00. The maximum Gasteiger partial charge on any atom is 0.573 e. The molecule has 234 valence electrons. The Morgan fingerprint density at radius 3 is 2.25 bits per heavy atom. The summed E-state index contributed by atoms with van der Waals surface area (Å²) < 4.78 is 49.8. The first kappa shape index (κ1) is 30.5. The molecule has 6 nitrogen and oxygen atoms in total. The molecule has 44 heavy (non-hydrogen) atoms. The second-order valence-corrected chi connectivity index (χ2v) is 12.4. The third kappa shape index (κ3) is 7.06. The molecule has 0 bridgehead atoms. The Morgan fingerprint density at radius 1 is 0.841 bits per heavy atom. The van der Waals surface area contributed by atoms with Crippen LogP contribution in [0, 0.1) is 5.41 Å². The van der Waals surface area contributed by atoms with Crippen LogP contribution in [-0.4, -0.2) is 60.6 Å². The zero-order valence-corrected chi connectivity index (χ0v) is 25.3. The highest BCUT2D eigenvalue weighted by atomic mass is 19.4. The fraction of sp³-hybridized carbons (Fsp3) is 0.429. The molecule has 2 saturated heterocycles. The van der Waals surface area contributed by atoms with Crippen LogP contribution in [0.2, 0.25) is 0 Å². The van der Waals surface area contributed by atoms with Crippen molar-refractivity contribution in [3.05, 3.63) is 84.1 Å². The number of likely N-dealkylation sites (tertiary alicyclic amines) is 2. The number of benzene rings is 3. The standard InChI is InChI=1S/C35H41F3N4O2/c1-43-30-5-2-4-26(20-30)22-40-17-12-34(13-18-40)14-19-41(25-34)23-27-6-11-33-31(21-27)32(24-42(33)16-3-15-39)28-7-9-29(10-8-28)44-35(36,37)38/h2,4-11,20-21,24H,3,12-19,22-23,25,39H2,1H3. The molecule has 3 aromatic carbocycles. The average molecular weight is 607 g/mol. The molecule has 2 N–H and O–H groups in total. The summed E-state index contributed by atoms with van der Waals surface area (Å²) in [5, 5.41) is 1.10. The monoisotopic (exact) mass is 606 g/mol. The third-order valence-electron chi connectivity index (χ3n) is 9.33. The smallest absolute Gasteiger partial charge is 0.497 e. The van der Waals surface area contributed by atoms with E-state index in [1.807, 2.05) is 6.07 Å². The highest BCUT2D eigenvalue weighted by Gasteiger charge is 2.40. The number of methoxy groups -OCH3 is 1. The zero-order chi connectivity index (χ0) is 30.7. The first-order valence-electron chi connectivity index (χ1n) is 15.5. The van der Waals surface area contributed by atoms with Gasteiger partial charge >= 0.3 is 6.36 Å². The van der Waals surface area contributed by atoms with E-state index in [9.17, 15) is 13.2 Å². The van der Waals surface area contributed by atoms with Gasteiger partial charge in [0, 0.05) is 48.8 Å². The molecular formula is C35H41F3N4O2. The van der Waals surface area contributed by atoms with Gasteiger partial charge in [0.1, 0.15) is 11.5 Å². The van der Waals surface area contributed by atoms with Crippen molar-refractivity contribution >= 4 is 10.9 Å². The predicted molar refractivity (Wildman–Crippen MR) is 168 cm³/mol. The molecule has 3 heterocycles. The highest BCUT2D eigenvalue weighted by Crippen LogP contribution is 2.41. The molecule has 0 atom stereocenters. The highest BCUT2D eigenvalue weighted by molar-refractivity contribution is 5.96. The van der Waals surface area contributed by atoms with Gasteiger partial charge in [-0.15, -0.1) is 13.2 Å². The van der Waals surface area contributed by atoms with Gasteiger partial charge in [-0.25, -0.2) is 0 Å². The molecule has 0 radical (unpaired) electrons. The van der Waals surface area contributed by atoms with Gasteiger partial charge in [0.2, 0.25) is 0 Å². The lowest BCUT2D eigenvalue weighted by molar-refractivity contribution is -0.274. The molecule has 6 rings (SSSR count). The van der Waals surface area contributed by atoms with E-state index in [0.717, 1.165) is 80.0 Å². The molecule has 1 spiro atoms. The summed E-state index contributed by atoms with van der Waals surface area (Å²) in [5.41, 5.74) is 11.7. The number of hydrogen-bond acceptors (Lipinski definition) is 5. The van der Waals surface area contributed by atoms with E-state index in [1.165, 1.54) is 42.5 Å². The van der Waals surface area contributed by atoms with Gasteiger partial charge in [-0.05, 0) is 110 Å². The van der Waals surface area contributed by atoms with Crippen LogP contribution >= 0.6 is 0 Å². The van der Waals surface area contributed by atoms with Crippen LogP contribution in [-0.2, 0) is 19.6 Å². The number of nitrogens with two attached hydrogens (primary N) is 1. The summed E-state index contributed by atoms with van der Waals surface area (Å²) in [6.45, 7) is 7.66. The second-order valence-electron chi connectivity index (χ2n) is 12.4. The Bertz CT molecular complexity index is 1560. The zero-order valence-electron chi connectivity index (χ0n) is 25.3. The van der Waals surface area contributed by atoms with Crippen molar-refractivity contribution in [2.24, 2.45) is 11.1 Å². The van der Waals surface area contributed by atoms with Crippen molar-refractivity contribution in [1.29, 1.82) is 0 Å². The van der Waals surface area contributed by atoms with Gasteiger partial charge in [0.25, 0.3) is 0 Å². The molecule has 2 aliphatic heterocycles. The molecule has 0 saturated carbocycles. The van der Waals surface area contributed by atoms with E-state index in [-0.39, 0.29) is 5.75 Å². The van der Waals surface area contributed by atoms with E-state index in [0.29, 0.717) is 12.0 Å². The number of rotatable bonds is 10. The molecular weight excluding hydrogens is 565 g/mol. The molecule has 1 aromatic heterocycles. The molecule has 4 aromatic rings. The summed E-state index contributed by atoms with van der Waals surface area (Å²) in [7, 11) is 1.71. The number of piperidine rings is 1. The Balaban J connectivity index is 1.14. The van der Waals surface area contributed by atoms with Crippen LogP contribution in [0.15, 0.2) is 72.9 Å². The van der Waals surface area contributed by atoms with E-state index >= 15 is 0 Å². The van der Waals surface area contributed by atoms with Crippen LogP contribution in [0.5, 0.6) is 11.5 Å². The number of aromatic nitrogens is 1. The SMILES string of the molecule is COc1cccc(CN2CCC3(CC2)CCN(Cc2ccc4c(c2)c(-c2ccc(OC(F)(F)F)cc2)cn4CCCN)C3)c1. The van der Waals surface area contributed by atoms with Crippen molar-refractivity contribution < 1.29 is 22.6 Å². The van der Waals surface area contributed by atoms with Gasteiger partial charge < -0.3 is 19.8 Å². The summed E-state index contributed by atoms with van der Waals surface area (Å²) in [4.78, 5) is 5.16. The van der Waals surface area contributed by atoms with E-state index < -0.39 is 6.36 Å². The van der Waals surface area contributed by atoms with Crippen molar-refractivity contribution in [3.63, 3.8) is 0 Å². The largest absolute Gasteiger partial charge is 0.573 e. The van der Waals surface area contributed by atoms with Crippen molar-refractivity contribution in [3.8, 4) is 22.6 Å².